The molecule has 0 amide bonds. The predicted molar refractivity (Wildman–Crippen MR) is 58.0 cm³/mol. The molecule has 1 heterocycles. The Hall–Kier alpha value is -0.0800. The molecule has 1 aliphatic heterocycles. The lowest BCUT2D eigenvalue weighted by Crippen LogP contribution is -2.54. The van der Waals surface area contributed by atoms with Crippen molar-refractivity contribution in [3.63, 3.8) is 0 Å². The Labute approximate surface area is 82.7 Å². The molecule has 0 aromatic carbocycles. The Morgan fingerprint density at radius 3 is 2.62 bits per heavy atom. The molecule has 0 saturated carbocycles. The average molecular weight is 184 g/mol. The van der Waals surface area contributed by atoms with Crippen molar-refractivity contribution in [1.82, 2.24) is 10.2 Å². The average Bonchev–Trinajstić information content (AvgIpc) is 2.08. The van der Waals surface area contributed by atoms with E-state index in [0.717, 1.165) is 12.0 Å². The van der Waals surface area contributed by atoms with Gasteiger partial charge >= 0.3 is 0 Å². The highest BCUT2D eigenvalue weighted by molar-refractivity contribution is 4.83. The summed E-state index contributed by atoms with van der Waals surface area (Å²) >= 11 is 0. The minimum absolute atomic E-state index is 0.716. The second-order valence-corrected chi connectivity index (χ2v) is 4.74. The minimum Gasteiger partial charge on any atom is -0.311 e. The zero-order chi connectivity index (χ0) is 9.84. The van der Waals surface area contributed by atoms with Crippen LogP contribution >= 0.6 is 0 Å². The van der Waals surface area contributed by atoms with Gasteiger partial charge in [0.05, 0.1) is 0 Å². The van der Waals surface area contributed by atoms with Gasteiger partial charge in [-0.25, -0.2) is 0 Å². The molecule has 0 aromatic heterocycles. The SMILES string of the molecule is CCC1CN(C)C(CC(C)C)CN1. The minimum atomic E-state index is 0.716. The first-order valence-electron chi connectivity index (χ1n) is 5.57. The highest BCUT2D eigenvalue weighted by Gasteiger charge is 2.24. The summed E-state index contributed by atoms with van der Waals surface area (Å²) in [5.41, 5.74) is 0. The lowest BCUT2D eigenvalue weighted by atomic mass is 9.99. The Morgan fingerprint density at radius 1 is 1.46 bits per heavy atom. The van der Waals surface area contributed by atoms with Crippen LogP contribution in [0.15, 0.2) is 0 Å². The van der Waals surface area contributed by atoms with Gasteiger partial charge < -0.3 is 10.2 Å². The summed E-state index contributed by atoms with van der Waals surface area (Å²) in [6.45, 7) is 9.26. The third-order valence-corrected chi connectivity index (χ3v) is 3.01. The predicted octanol–water partition coefficient (Wildman–Crippen LogP) is 1.71. The molecule has 0 radical (unpaired) electrons. The summed E-state index contributed by atoms with van der Waals surface area (Å²) in [5, 5.41) is 3.61. The van der Waals surface area contributed by atoms with Gasteiger partial charge in [-0.1, -0.05) is 20.8 Å². The quantitative estimate of drug-likeness (QED) is 0.718. The summed E-state index contributed by atoms with van der Waals surface area (Å²) in [6.07, 6.45) is 2.57. The van der Waals surface area contributed by atoms with Crippen molar-refractivity contribution < 1.29 is 0 Å². The molecule has 78 valence electrons. The van der Waals surface area contributed by atoms with Gasteiger partial charge in [-0.05, 0) is 25.8 Å². The van der Waals surface area contributed by atoms with E-state index in [1.165, 1.54) is 25.9 Å². The Kier molecular flexibility index (Phi) is 4.20. The number of hydrogen-bond donors (Lipinski definition) is 1. The van der Waals surface area contributed by atoms with Crippen molar-refractivity contribution in [2.24, 2.45) is 5.92 Å². The Balaban J connectivity index is 2.35. The van der Waals surface area contributed by atoms with E-state index in [1.54, 1.807) is 0 Å². The highest BCUT2D eigenvalue weighted by Crippen LogP contribution is 2.14. The molecule has 1 N–H and O–H groups in total. The van der Waals surface area contributed by atoms with Crippen LogP contribution < -0.4 is 5.32 Å². The van der Waals surface area contributed by atoms with Crippen LogP contribution in [0.5, 0.6) is 0 Å². The molecular weight excluding hydrogens is 160 g/mol. The third kappa shape index (κ3) is 3.28. The largest absolute Gasteiger partial charge is 0.311 e. The van der Waals surface area contributed by atoms with Crippen LogP contribution in [0.1, 0.15) is 33.6 Å². The van der Waals surface area contributed by atoms with E-state index < -0.39 is 0 Å². The number of nitrogens with one attached hydrogen (secondary N) is 1. The summed E-state index contributed by atoms with van der Waals surface area (Å²) in [5.74, 6) is 0.812. The molecule has 0 aliphatic carbocycles. The molecule has 2 unspecified atom stereocenters. The normalized spacial score (nSPS) is 31.2. The van der Waals surface area contributed by atoms with Crippen molar-refractivity contribution in [3.8, 4) is 0 Å². The van der Waals surface area contributed by atoms with Crippen LogP contribution in [0.3, 0.4) is 0 Å². The van der Waals surface area contributed by atoms with E-state index in [4.69, 9.17) is 0 Å². The number of rotatable bonds is 3. The third-order valence-electron chi connectivity index (χ3n) is 3.01. The molecule has 0 spiro atoms. The zero-order valence-electron chi connectivity index (χ0n) is 9.51. The van der Waals surface area contributed by atoms with Crippen LogP contribution in [0.2, 0.25) is 0 Å². The fourth-order valence-electron chi connectivity index (χ4n) is 2.10. The van der Waals surface area contributed by atoms with Crippen LogP contribution in [0.4, 0.5) is 0 Å². The first-order chi connectivity index (χ1) is 6.13. The molecule has 1 saturated heterocycles. The van der Waals surface area contributed by atoms with Crippen molar-refractivity contribution in [2.45, 2.75) is 45.7 Å². The van der Waals surface area contributed by atoms with Gasteiger partial charge in [0.15, 0.2) is 0 Å². The summed E-state index contributed by atoms with van der Waals surface area (Å²) in [6, 6.07) is 1.47. The molecule has 13 heavy (non-hydrogen) atoms. The zero-order valence-corrected chi connectivity index (χ0v) is 9.51. The maximum atomic E-state index is 3.61. The van der Waals surface area contributed by atoms with Gasteiger partial charge in [-0.2, -0.15) is 0 Å². The number of hydrogen-bond acceptors (Lipinski definition) is 2. The molecule has 2 atom stereocenters. The molecule has 2 nitrogen and oxygen atoms in total. The van der Waals surface area contributed by atoms with E-state index in [0.29, 0.717) is 6.04 Å². The summed E-state index contributed by atoms with van der Waals surface area (Å²) < 4.78 is 0. The fourth-order valence-corrected chi connectivity index (χ4v) is 2.10. The first kappa shape index (κ1) is 11.0. The standard InChI is InChI=1S/C11H24N2/c1-5-10-8-13(4)11(7-12-10)6-9(2)3/h9-12H,5-8H2,1-4H3. The topological polar surface area (TPSA) is 15.3 Å². The molecule has 0 aromatic rings. The second-order valence-electron chi connectivity index (χ2n) is 4.74. The summed E-state index contributed by atoms with van der Waals surface area (Å²) in [7, 11) is 2.26. The van der Waals surface area contributed by atoms with E-state index in [2.05, 4.69) is 38.0 Å². The number of nitrogens with zero attached hydrogens (tertiary/aromatic N) is 1. The molecular formula is C11H24N2. The Bertz CT molecular complexity index is 145. The fraction of sp³-hybridized carbons (Fsp3) is 1.00. The van der Waals surface area contributed by atoms with Crippen LogP contribution in [0.25, 0.3) is 0 Å². The maximum Gasteiger partial charge on any atom is 0.0220 e. The van der Waals surface area contributed by atoms with Crippen LogP contribution in [-0.4, -0.2) is 37.1 Å². The number of piperazine rings is 1. The van der Waals surface area contributed by atoms with Crippen molar-refractivity contribution in [2.75, 3.05) is 20.1 Å². The van der Waals surface area contributed by atoms with Crippen LogP contribution in [-0.2, 0) is 0 Å². The van der Waals surface area contributed by atoms with Gasteiger partial charge in [0.25, 0.3) is 0 Å². The van der Waals surface area contributed by atoms with E-state index in [1.807, 2.05) is 0 Å². The van der Waals surface area contributed by atoms with E-state index in [-0.39, 0.29) is 0 Å². The first-order valence-corrected chi connectivity index (χ1v) is 5.57. The van der Waals surface area contributed by atoms with Crippen molar-refractivity contribution >= 4 is 0 Å². The van der Waals surface area contributed by atoms with Gasteiger partial charge in [0.2, 0.25) is 0 Å². The van der Waals surface area contributed by atoms with Crippen LogP contribution in [0, 0.1) is 5.92 Å². The smallest absolute Gasteiger partial charge is 0.0220 e. The van der Waals surface area contributed by atoms with Gasteiger partial charge in [0.1, 0.15) is 0 Å². The second kappa shape index (κ2) is 4.97. The monoisotopic (exact) mass is 184 g/mol. The molecule has 1 rings (SSSR count). The number of likely N-dealkylation sites (N-methyl/N-ethyl adjacent to an activating group) is 1. The highest BCUT2D eigenvalue weighted by atomic mass is 15.2. The van der Waals surface area contributed by atoms with Crippen molar-refractivity contribution in [1.29, 1.82) is 0 Å². The van der Waals surface area contributed by atoms with Gasteiger partial charge in [-0.3, -0.25) is 0 Å². The van der Waals surface area contributed by atoms with Crippen molar-refractivity contribution in [3.05, 3.63) is 0 Å². The van der Waals surface area contributed by atoms with Gasteiger partial charge in [0, 0.05) is 25.2 Å². The van der Waals surface area contributed by atoms with E-state index in [9.17, 15) is 0 Å². The molecule has 1 aliphatic rings. The molecule has 1 fully saturated rings. The lowest BCUT2D eigenvalue weighted by molar-refractivity contribution is 0.143. The van der Waals surface area contributed by atoms with E-state index >= 15 is 0 Å². The molecule has 0 bridgehead atoms. The van der Waals surface area contributed by atoms with Gasteiger partial charge in [-0.15, -0.1) is 0 Å². The maximum absolute atomic E-state index is 3.61. The Morgan fingerprint density at radius 2 is 2.15 bits per heavy atom. The summed E-state index contributed by atoms with van der Waals surface area (Å²) in [4.78, 5) is 2.52. The lowest BCUT2D eigenvalue weighted by Gasteiger charge is -2.38. The molecule has 2 heteroatoms.